The maximum absolute atomic E-state index is 12.1. The average molecular weight is 303 g/mol. The van der Waals surface area contributed by atoms with Gasteiger partial charge in [-0.1, -0.05) is 6.07 Å². The van der Waals surface area contributed by atoms with Gasteiger partial charge in [0, 0.05) is 47.4 Å². The van der Waals surface area contributed by atoms with Crippen LogP contribution in [0.25, 0.3) is 0 Å². The summed E-state index contributed by atoms with van der Waals surface area (Å²) in [7, 11) is 0. The molecule has 118 valence electrons. The first-order chi connectivity index (χ1) is 10.2. The standard InChI is InChI=1S/C16H21N3O3/c1-15(2,3)19(14(21)22)9-16-7-12(20)18-11-6-4-5-10(13(11)16)17-8-16/h4-6,17H,7-9H2,1-3H3,(H,18,20)(H,21,22). The highest BCUT2D eigenvalue weighted by atomic mass is 16.4. The van der Waals surface area contributed by atoms with Crippen molar-refractivity contribution in [3.63, 3.8) is 0 Å². The second-order valence-electron chi connectivity index (χ2n) is 7.13. The fourth-order valence-corrected chi connectivity index (χ4v) is 3.47. The van der Waals surface area contributed by atoms with E-state index in [1.165, 1.54) is 4.90 Å². The van der Waals surface area contributed by atoms with Gasteiger partial charge < -0.3 is 20.6 Å². The van der Waals surface area contributed by atoms with Crippen LogP contribution in [0.5, 0.6) is 0 Å². The number of carbonyl (C=O) groups is 2. The van der Waals surface area contributed by atoms with Crippen molar-refractivity contribution in [2.75, 3.05) is 23.7 Å². The summed E-state index contributed by atoms with van der Waals surface area (Å²) >= 11 is 0. The van der Waals surface area contributed by atoms with Gasteiger partial charge in [0.05, 0.1) is 0 Å². The van der Waals surface area contributed by atoms with Gasteiger partial charge in [-0.05, 0) is 32.9 Å². The molecule has 22 heavy (non-hydrogen) atoms. The van der Waals surface area contributed by atoms with Crippen molar-refractivity contribution in [1.82, 2.24) is 4.90 Å². The first-order valence-electron chi connectivity index (χ1n) is 7.41. The predicted octanol–water partition coefficient (Wildman–Crippen LogP) is 2.47. The van der Waals surface area contributed by atoms with Crippen molar-refractivity contribution in [2.24, 2.45) is 0 Å². The number of amides is 2. The third-order valence-corrected chi connectivity index (χ3v) is 4.49. The van der Waals surface area contributed by atoms with Gasteiger partial charge in [0.25, 0.3) is 0 Å². The topological polar surface area (TPSA) is 81.7 Å². The Hall–Kier alpha value is -2.24. The Labute approximate surface area is 129 Å². The van der Waals surface area contributed by atoms with Gasteiger partial charge in [0.15, 0.2) is 0 Å². The van der Waals surface area contributed by atoms with E-state index in [9.17, 15) is 14.7 Å². The molecule has 3 rings (SSSR count). The third kappa shape index (κ3) is 2.19. The summed E-state index contributed by atoms with van der Waals surface area (Å²) in [6.45, 7) is 6.49. The van der Waals surface area contributed by atoms with Crippen LogP contribution in [0.3, 0.4) is 0 Å². The number of carbonyl (C=O) groups excluding carboxylic acids is 1. The number of hydrogen-bond donors (Lipinski definition) is 3. The molecule has 0 radical (unpaired) electrons. The minimum absolute atomic E-state index is 0.0624. The Morgan fingerprint density at radius 3 is 2.68 bits per heavy atom. The largest absolute Gasteiger partial charge is 0.465 e. The Balaban J connectivity index is 2.06. The lowest BCUT2D eigenvalue weighted by molar-refractivity contribution is -0.118. The summed E-state index contributed by atoms with van der Waals surface area (Å²) in [5.41, 5.74) is 1.78. The molecular weight excluding hydrogens is 282 g/mol. The molecule has 0 aliphatic carbocycles. The van der Waals surface area contributed by atoms with E-state index in [0.717, 1.165) is 16.9 Å². The van der Waals surface area contributed by atoms with Crippen molar-refractivity contribution in [3.8, 4) is 0 Å². The summed E-state index contributed by atoms with van der Waals surface area (Å²) in [5.74, 6) is -0.0624. The summed E-state index contributed by atoms with van der Waals surface area (Å²) in [5, 5.41) is 15.8. The zero-order valence-electron chi connectivity index (χ0n) is 13.1. The fraction of sp³-hybridized carbons (Fsp3) is 0.500. The molecule has 0 fully saturated rings. The van der Waals surface area contributed by atoms with E-state index in [-0.39, 0.29) is 5.91 Å². The van der Waals surface area contributed by atoms with Crippen LogP contribution in [0.15, 0.2) is 18.2 Å². The summed E-state index contributed by atoms with van der Waals surface area (Å²) < 4.78 is 0. The number of benzene rings is 1. The van der Waals surface area contributed by atoms with E-state index in [4.69, 9.17) is 0 Å². The van der Waals surface area contributed by atoms with E-state index < -0.39 is 17.0 Å². The highest BCUT2D eigenvalue weighted by Gasteiger charge is 2.48. The maximum atomic E-state index is 12.1. The first-order valence-corrected chi connectivity index (χ1v) is 7.41. The molecule has 2 amide bonds. The summed E-state index contributed by atoms with van der Waals surface area (Å²) in [6, 6.07) is 5.74. The lowest BCUT2D eigenvalue weighted by Gasteiger charge is -2.42. The van der Waals surface area contributed by atoms with Gasteiger partial charge in [-0.15, -0.1) is 0 Å². The Morgan fingerprint density at radius 2 is 2.05 bits per heavy atom. The molecule has 3 N–H and O–H groups in total. The van der Waals surface area contributed by atoms with E-state index in [1.807, 2.05) is 39.0 Å². The molecule has 6 nitrogen and oxygen atoms in total. The zero-order valence-corrected chi connectivity index (χ0v) is 13.1. The van der Waals surface area contributed by atoms with Crippen LogP contribution in [0.2, 0.25) is 0 Å². The highest BCUT2D eigenvalue weighted by Crippen LogP contribution is 2.47. The second-order valence-corrected chi connectivity index (χ2v) is 7.13. The molecule has 0 bridgehead atoms. The zero-order chi connectivity index (χ0) is 16.1. The number of anilines is 2. The lowest BCUT2D eigenvalue weighted by atomic mass is 9.75. The van der Waals surface area contributed by atoms with Gasteiger partial charge in [0.2, 0.25) is 5.91 Å². The van der Waals surface area contributed by atoms with Crippen LogP contribution in [-0.4, -0.2) is 40.6 Å². The van der Waals surface area contributed by atoms with E-state index in [0.29, 0.717) is 19.5 Å². The molecule has 0 saturated heterocycles. The molecule has 0 saturated carbocycles. The van der Waals surface area contributed by atoms with Crippen molar-refractivity contribution in [1.29, 1.82) is 0 Å². The minimum Gasteiger partial charge on any atom is -0.465 e. The number of hydrogen-bond acceptors (Lipinski definition) is 3. The molecule has 0 spiro atoms. The number of carboxylic acid groups (broad SMARTS) is 1. The number of nitrogens with zero attached hydrogens (tertiary/aromatic N) is 1. The Morgan fingerprint density at radius 1 is 1.36 bits per heavy atom. The molecule has 2 heterocycles. The third-order valence-electron chi connectivity index (χ3n) is 4.49. The first kappa shape index (κ1) is 14.7. The smallest absolute Gasteiger partial charge is 0.407 e. The quantitative estimate of drug-likeness (QED) is 0.784. The van der Waals surface area contributed by atoms with Gasteiger partial charge in [0.1, 0.15) is 0 Å². The predicted molar refractivity (Wildman–Crippen MR) is 84.3 cm³/mol. The molecule has 1 unspecified atom stereocenters. The second kappa shape index (κ2) is 4.63. The van der Waals surface area contributed by atoms with Gasteiger partial charge >= 0.3 is 6.09 Å². The molecule has 0 aromatic heterocycles. The number of rotatable bonds is 2. The molecule has 1 aromatic carbocycles. The van der Waals surface area contributed by atoms with Gasteiger partial charge in [-0.3, -0.25) is 4.79 Å². The monoisotopic (exact) mass is 303 g/mol. The summed E-state index contributed by atoms with van der Waals surface area (Å²) in [6.07, 6.45) is -0.664. The van der Waals surface area contributed by atoms with E-state index in [1.54, 1.807) is 0 Å². The normalized spacial score (nSPS) is 22.6. The van der Waals surface area contributed by atoms with Crippen LogP contribution >= 0.6 is 0 Å². The van der Waals surface area contributed by atoms with Crippen LogP contribution < -0.4 is 10.6 Å². The molecule has 2 aliphatic rings. The van der Waals surface area contributed by atoms with E-state index in [2.05, 4.69) is 10.6 Å². The van der Waals surface area contributed by atoms with Crippen molar-refractivity contribution in [2.45, 2.75) is 38.1 Å². The molecule has 1 atom stereocenters. The molecular formula is C16H21N3O3. The molecule has 6 heteroatoms. The van der Waals surface area contributed by atoms with Gasteiger partial charge in [-0.2, -0.15) is 0 Å². The van der Waals surface area contributed by atoms with Crippen LogP contribution in [-0.2, 0) is 10.2 Å². The Bertz CT molecular complexity index is 651. The molecule has 2 aliphatic heterocycles. The SMILES string of the molecule is CC(C)(C)N(CC12CNc3cccc(c31)NC(=O)C2)C(=O)O. The number of nitrogens with one attached hydrogen (secondary N) is 2. The van der Waals surface area contributed by atoms with Crippen LogP contribution in [0, 0.1) is 0 Å². The maximum Gasteiger partial charge on any atom is 0.407 e. The Kier molecular flexibility index (Phi) is 3.09. The summed E-state index contributed by atoms with van der Waals surface area (Å²) in [4.78, 5) is 25.2. The van der Waals surface area contributed by atoms with Crippen molar-refractivity contribution in [3.05, 3.63) is 23.8 Å². The average Bonchev–Trinajstić information content (AvgIpc) is 2.75. The van der Waals surface area contributed by atoms with Crippen LogP contribution in [0.4, 0.5) is 16.2 Å². The van der Waals surface area contributed by atoms with Crippen molar-refractivity contribution < 1.29 is 14.7 Å². The minimum atomic E-state index is -0.959. The van der Waals surface area contributed by atoms with Gasteiger partial charge in [-0.25, -0.2) is 4.79 Å². The van der Waals surface area contributed by atoms with Crippen LogP contribution in [0.1, 0.15) is 32.8 Å². The van der Waals surface area contributed by atoms with E-state index >= 15 is 0 Å². The lowest BCUT2D eigenvalue weighted by Crippen LogP contribution is -2.54. The highest BCUT2D eigenvalue weighted by molar-refractivity contribution is 5.98. The fourth-order valence-electron chi connectivity index (χ4n) is 3.47. The molecule has 1 aromatic rings. The van der Waals surface area contributed by atoms with Crippen molar-refractivity contribution >= 4 is 23.4 Å².